The number of ether oxygens (including phenoxy) is 2. The number of likely N-dealkylation sites (N-methyl/N-ethyl adjacent to an activating group) is 1. The second-order valence-electron chi connectivity index (χ2n) is 10.6. The molecule has 10 nitrogen and oxygen atoms in total. The van der Waals surface area contributed by atoms with Crippen molar-refractivity contribution >= 4 is 33.4 Å². The van der Waals surface area contributed by atoms with E-state index in [-0.39, 0.29) is 41.0 Å². The van der Waals surface area contributed by atoms with Crippen molar-refractivity contribution in [3.63, 3.8) is 0 Å². The summed E-state index contributed by atoms with van der Waals surface area (Å²) in [5, 5.41) is 4.92. The molecule has 41 heavy (non-hydrogen) atoms. The van der Waals surface area contributed by atoms with E-state index in [0.717, 1.165) is 28.6 Å². The number of nitrogens with one attached hydrogen (secondary N) is 2. The minimum atomic E-state index is -4.83. The number of nitrogens with zero attached hydrogens (tertiary/aromatic N) is 2. The highest BCUT2D eigenvalue weighted by Crippen LogP contribution is 2.39. The van der Waals surface area contributed by atoms with Gasteiger partial charge in [0.2, 0.25) is 11.5 Å². The van der Waals surface area contributed by atoms with Gasteiger partial charge in [0.15, 0.2) is 0 Å². The molecule has 3 rings (SSSR count). The average molecular weight is 605 g/mol. The largest absolute Gasteiger partial charge is 0.484 e. The third-order valence-electron chi connectivity index (χ3n) is 6.73. The number of sulfonamides is 1. The third kappa shape index (κ3) is 7.01. The molecule has 0 unspecified atom stereocenters. The van der Waals surface area contributed by atoms with E-state index in [9.17, 15) is 35.6 Å². The number of carbonyl (C=O) groups is 2. The van der Waals surface area contributed by atoms with Crippen molar-refractivity contribution in [2.75, 3.05) is 36.8 Å². The van der Waals surface area contributed by atoms with E-state index in [2.05, 4.69) is 15.4 Å². The molecule has 0 bridgehead atoms. The topological polar surface area (TPSA) is 117 Å². The van der Waals surface area contributed by atoms with Crippen LogP contribution in [0.5, 0.6) is 5.75 Å². The molecular weight excluding hydrogens is 572 g/mol. The number of benzene rings is 2. The van der Waals surface area contributed by atoms with Crippen LogP contribution in [0.3, 0.4) is 0 Å². The van der Waals surface area contributed by atoms with Crippen LogP contribution in [0.1, 0.15) is 27.7 Å². The first-order valence-corrected chi connectivity index (χ1v) is 13.8. The molecule has 2 amide bonds. The molecule has 2 aromatic carbocycles. The van der Waals surface area contributed by atoms with Gasteiger partial charge in [0.25, 0.3) is 10.0 Å². The molecule has 2 N–H and O–H groups in total. The molecule has 0 aliphatic carbocycles. The lowest BCUT2D eigenvalue weighted by Gasteiger charge is -2.37. The zero-order valence-corrected chi connectivity index (χ0v) is 24.1. The summed E-state index contributed by atoms with van der Waals surface area (Å²) in [6.07, 6.45) is -7.10. The monoisotopic (exact) mass is 604 g/mol. The SMILES string of the molecule is CN(C)C(C)(C)C(=O)NC[C@H]1CN(S(=O)(=O)c2ccc(F)cc2)c2cc(NC(=O)OC(C)(C)C(F)(F)F)ccc2O1. The molecule has 0 aromatic heterocycles. The van der Waals surface area contributed by atoms with Gasteiger partial charge in [-0.05, 0) is 84.3 Å². The summed E-state index contributed by atoms with van der Waals surface area (Å²) < 4.78 is 91.6. The van der Waals surface area contributed by atoms with Crippen molar-refractivity contribution in [2.45, 2.75) is 56.0 Å². The fourth-order valence-corrected chi connectivity index (χ4v) is 5.01. The minimum Gasteiger partial charge on any atom is -0.484 e. The summed E-state index contributed by atoms with van der Waals surface area (Å²) in [6, 6.07) is 7.92. The smallest absolute Gasteiger partial charge is 0.427 e. The van der Waals surface area contributed by atoms with Crippen LogP contribution >= 0.6 is 0 Å². The molecule has 0 saturated carbocycles. The highest BCUT2D eigenvalue weighted by atomic mass is 32.2. The van der Waals surface area contributed by atoms with Gasteiger partial charge in [0, 0.05) is 5.69 Å². The van der Waals surface area contributed by atoms with Crippen LogP contribution < -0.4 is 19.7 Å². The number of hydrogen-bond acceptors (Lipinski definition) is 7. The second kappa shape index (κ2) is 11.4. The maximum absolute atomic E-state index is 13.6. The molecule has 1 heterocycles. The Morgan fingerprint density at radius 3 is 2.24 bits per heavy atom. The Labute approximate surface area is 235 Å². The van der Waals surface area contributed by atoms with Gasteiger partial charge in [-0.2, -0.15) is 13.2 Å². The maximum Gasteiger partial charge on any atom is 0.427 e. The first-order chi connectivity index (χ1) is 18.8. The predicted octanol–water partition coefficient (Wildman–Crippen LogP) is 4.13. The van der Waals surface area contributed by atoms with E-state index in [1.165, 1.54) is 18.2 Å². The van der Waals surface area contributed by atoms with Crippen molar-refractivity contribution in [1.29, 1.82) is 0 Å². The number of alkyl halides is 3. The highest BCUT2D eigenvalue weighted by Gasteiger charge is 2.51. The average Bonchev–Trinajstić information content (AvgIpc) is 2.85. The maximum atomic E-state index is 13.6. The van der Waals surface area contributed by atoms with E-state index in [1.54, 1.807) is 32.8 Å². The van der Waals surface area contributed by atoms with E-state index in [1.807, 2.05) is 0 Å². The molecular formula is C26H32F4N4O6S. The zero-order chi connectivity index (χ0) is 31.0. The Balaban J connectivity index is 1.93. The van der Waals surface area contributed by atoms with Crippen LogP contribution in [-0.2, 0) is 19.6 Å². The van der Waals surface area contributed by atoms with E-state index in [4.69, 9.17) is 4.74 Å². The van der Waals surface area contributed by atoms with Crippen molar-refractivity contribution in [3.05, 3.63) is 48.3 Å². The van der Waals surface area contributed by atoms with Gasteiger partial charge >= 0.3 is 12.3 Å². The van der Waals surface area contributed by atoms with Gasteiger partial charge in [-0.15, -0.1) is 0 Å². The molecule has 0 saturated heterocycles. The molecule has 2 aromatic rings. The van der Waals surface area contributed by atoms with Crippen LogP contribution in [0, 0.1) is 5.82 Å². The molecule has 15 heteroatoms. The fraction of sp³-hybridized carbons (Fsp3) is 0.462. The van der Waals surface area contributed by atoms with Crippen molar-refractivity contribution in [3.8, 4) is 5.75 Å². The summed E-state index contributed by atoms with van der Waals surface area (Å²) in [5.74, 6) is -0.922. The van der Waals surface area contributed by atoms with E-state index in [0.29, 0.717) is 13.8 Å². The van der Waals surface area contributed by atoms with Crippen molar-refractivity contribution in [2.24, 2.45) is 0 Å². The molecule has 0 fully saturated rings. The number of rotatable bonds is 8. The first kappa shape index (κ1) is 31.9. The van der Waals surface area contributed by atoms with E-state index < -0.39 is 45.4 Å². The summed E-state index contributed by atoms with van der Waals surface area (Å²) in [4.78, 5) is 26.4. The second-order valence-corrected chi connectivity index (χ2v) is 12.5. The Morgan fingerprint density at radius 1 is 1.07 bits per heavy atom. The Kier molecular flexibility index (Phi) is 8.84. The Bertz CT molecular complexity index is 1400. The number of amides is 2. The van der Waals surface area contributed by atoms with Crippen molar-refractivity contribution in [1.82, 2.24) is 10.2 Å². The van der Waals surface area contributed by atoms with Crippen LogP contribution in [0.25, 0.3) is 0 Å². The van der Waals surface area contributed by atoms with Crippen LogP contribution in [-0.4, -0.2) is 75.9 Å². The quantitative estimate of drug-likeness (QED) is 0.436. The number of halogens is 4. The number of fused-ring (bicyclic) bond motifs is 1. The Hall–Kier alpha value is -3.59. The van der Waals surface area contributed by atoms with Gasteiger partial charge < -0.3 is 14.8 Å². The number of anilines is 2. The minimum absolute atomic E-state index is 0.0431. The van der Waals surface area contributed by atoms with Crippen LogP contribution in [0.2, 0.25) is 0 Å². The molecule has 0 radical (unpaired) electrons. The lowest BCUT2D eigenvalue weighted by molar-refractivity contribution is -0.242. The van der Waals surface area contributed by atoms with Gasteiger partial charge in [-0.1, -0.05) is 0 Å². The molecule has 1 atom stereocenters. The molecule has 1 aliphatic rings. The number of hydrogen-bond donors (Lipinski definition) is 2. The van der Waals surface area contributed by atoms with Crippen LogP contribution in [0.15, 0.2) is 47.4 Å². The summed E-state index contributed by atoms with van der Waals surface area (Å²) in [6.45, 7) is 4.43. The van der Waals surface area contributed by atoms with Gasteiger partial charge in [0.05, 0.1) is 29.2 Å². The lowest BCUT2D eigenvalue weighted by Crippen LogP contribution is -2.55. The molecule has 1 aliphatic heterocycles. The summed E-state index contributed by atoms with van der Waals surface area (Å²) >= 11 is 0. The molecule has 0 spiro atoms. The highest BCUT2D eigenvalue weighted by molar-refractivity contribution is 7.92. The molecule has 226 valence electrons. The zero-order valence-electron chi connectivity index (χ0n) is 23.3. The number of carbonyl (C=O) groups excluding carboxylic acids is 2. The third-order valence-corrected chi connectivity index (χ3v) is 8.53. The first-order valence-electron chi connectivity index (χ1n) is 12.4. The van der Waals surface area contributed by atoms with Crippen molar-refractivity contribution < 1.29 is 45.0 Å². The van der Waals surface area contributed by atoms with Gasteiger partial charge in [0.1, 0.15) is 17.7 Å². The normalized spacial score (nSPS) is 16.1. The fourth-order valence-electron chi connectivity index (χ4n) is 3.52. The van der Waals surface area contributed by atoms with Gasteiger partial charge in [-0.3, -0.25) is 19.3 Å². The standard InChI is InChI=1S/C26H32F4N4O6S/c1-24(2,33(5)6)22(35)31-14-18-15-34(41(37,38)19-10-7-16(27)8-11-19)20-13-17(9-12-21(20)39-18)32-23(36)40-25(3,4)26(28,29)30/h7-13,18H,14-15H2,1-6H3,(H,31,35)(H,32,36)/t18-/m0/s1. The van der Waals surface area contributed by atoms with Gasteiger partial charge in [-0.25, -0.2) is 17.6 Å². The summed E-state index contributed by atoms with van der Waals surface area (Å²) in [5.41, 5.74) is -3.78. The summed E-state index contributed by atoms with van der Waals surface area (Å²) in [7, 11) is -0.863. The Morgan fingerprint density at radius 2 is 1.68 bits per heavy atom. The lowest BCUT2D eigenvalue weighted by atomic mass is 10.0. The van der Waals surface area contributed by atoms with E-state index >= 15 is 0 Å². The predicted molar refractivity (Wildman–Crippen MR) is 143 cm³/mol. The van der Waals surface area contributed by atoms with Crippen LogP contribution in [0.4, 0.5) is 33.7 Å².